The van der Waals surface area contributed by atoms with Crippen molar-refractivity contribution in [1.29, 1.82) is 0 Å². The van der Waals surface area contributed by atoms with Crippen LogP contribution in [0.5, 0.6) is 0 Å². The van der Waals surface area contributed by atoms with Crippen molar-refractivity contribution < 1.29 is 18.5 Å². The van der Waals surface area contributed by atoms with Crippen molar-refractivity contribution >= 4 is 24.2 Å². The van der Waals surface area contributed by atoms with E-state index in [2.05, 4.69) is 0 Å². The first-order valence-corrected chi connectivity index (χ1v) is 7.13. The molecule has 1 saturated heterocycles. The van der Waals surface area contributed by atoms with Crippen molar-refractivity contribution in [2.75, 3.05) is 19.8 Å². The fourth-order valence-corrected chi connectivity index (χ4v) is 2.21. The molecule has 0 aromatic heterocycles. The van der Waals surface area contributed by atoms with E-state index in [4.69, 9.17) is 15.0 Å². The maximum absolute atomic E-state index is 14.8. The molecule has 1 aromatic carbocycles. The average Bonchev–Trinajstić information content (AvgIpc) is 2.57. The Hall–Kier alpha value is -1.60. The summed E-state index contributed by atoms with van der Waals surface area (Å²) in [6, 6.07) is 2.88. The van der Waals surface area contributed by atoms with Crippen LogP contribution in [0.3, 0.4) is 0 Å². The zero-order valence-electron chi connectivity index (χ0n) is 13.9. The van der Waals surface area contributed by atoms with Gasteiger partial charge in [0.05, 0.1) is 16.8 Å². The minimum atomic E-state index is -0.945. The smallest absolute Gasteiger partial charge is 0.399 e. The number of nitrogens with two attached hydrogens (primary N) is 1. The summed E-state index contributed by atoms with van der Waals surface area (Å²) in [5, 5.41) is 0. The van der Waals surface area contributed by atoms with Gasteiger partial charge in [-0.3, -0.25) is 4.79 Å². The van der Waals surface area contributed by atoms with E-state index in [1.807, 2.05) is 27.7 Å². The molecule has 0 spiro atoms. The van der Waals surface area contributed by atoms with E-state index in [0.29, 0.717) is 0 Å². The Morgan fingerprint density at radius 1 is 1.18 bits per heavy atom. The summed E-state index contributed by atoms with van der Waals surface area (Å²) >= 11 is 0. The minimum Gasteiger partial charge on any atom is -0.399 e. The maximum Gasteiger partial charge on any atom is 0.500 e. The normalized spacial score (nSPS) is 19.3. The number of benzene rings is 1. The Balaban J connectivity index is 2.49. The average molecular weight is 308 g/mol. The molecule has 1 fully saturated rings. The van der Waals surface area contributed by atoms with Gasteiger partial charge in [-0.05, 0) is 39.8 Å². The van der Waals surface area contributed by atoms with E-state index in [1.165, 1.54) is 17.0 Å². The number of hydrogen-bond acceptors (Lipinski definition) is 4. The van der Waals surface area contributed by atoms with Crippen LogP contribution in [0.2, 0.25) is 0 Å². The molecule has 22 heavy (non-hydrogen) atoms. The lowest BCUT2D eigenvalue weighted by Gasteiger charge is -2.32. The Kier molecular flexibility index (Phi) is 4.00. The highest BCUT2D eigenvalue weighted by Crippen LogP contribution is 2.37. The first-order valence-electron chi connectivity index (χ1n) is 7.13. The number of carbonyl (C=O) groups is 1. The second-order valence-electron chi connectivity index (χ2n) is 6.72. The highest BCUT2D eigenvalue weighted by atomic mass is 19.1. The van der Waals surface area contributed by atoms with Gasteiger partial charge in [-0.2, -0.15) is 0 Å². The molecule has 5 nitrogen and oxygen atoms in total. The highest BCUT2D eigenvalue weighted by molar-refractivity contribution is 6.64. The van der Waals surface area contributed by atoms with Crippen LogP contribution in [0.4, 0.5) is 10.1 Å². The van der Waals surface area contributed by atoms with E-state index in [1.54, 1.807) is 14.1 Å². The van der Waals surface area contributed by atoms with E-state index in [9.17, 15) is 9.18 Å². The quantitative estimate of drug-likeness (QED) is 0.663. The first kappa shape index (κ1) is 16.8. The van der Waals surface area contributed by atoms with Crippen LogP contribution in [-0.2, 0) is 9.31 Å². The first-order chi connectivity index (χ1) is 9.98. The van der Waals surface area contributed by atoms with E-state index in [0.717, 1.165) is 0 Å². The SMILES string of the molecule is CN(C)C(=O)c1ccc(N)c(B2OC(C)(C)C(C)(C)O2)c1F. The van der Waals surface area contributed by atoms with Crippen molar-refractivity contribution in [3.05, 3.63) is 23.5 Å². The molecule has 1 aliphatic rings. The largest absolute Gasteiger partial charge is 0.500 e. The fraction of sp³-hybridized carbons (Fsp3) is 0.533. The third kappa shape index (κ3) is 2.59. The van der Waals surface area contributed by atoms with E-state index >= 15 is 0 Å². The second-order valence-corrected chi connectivity index (χ2v) is 6.72. The number of hydrogen-bond donors (Lipinski definition) is 1. The Labute approximate surface area is 130 Å². The predicted molar refractivity (Wildman–Crippen MR) is 84.5 cm³/mol. The van der Waals surface area contributed by atoms with Gasteiger partial charge in [-0.1, -0.05) is 0 Å². The third-order valence-corrected chi connectivity index (χ3v) is 4.34. The molecule has 1 aromatic rings. The van der Waals surface area contributed by atoms with E-state index < -0.39 is 30.0 Å². The maximum atomic E-state index is 14.8. The van der Waals surface area contributed by atoms with Crippen LogP contribution in [0.1, 0.15) is 38.1 Å². The summed E-state index contributed by atoms with van der Waals surface area (Å²) < 4.78 is 26.5. The molecule has 0 aliphatic carbocycles. The predicted octanol–water partition coefficient (Wildman–Crippen LogP) is 1.41. The van der Waals surface area contributed by atoms with Gasteiger partial charge in [0.25, 0.3) is 5.91 Å². The molecule has 1 amide bonds. The van der Waals surface area contributed by atoms with Crippen molar-refractivity contribution in [1.82, 2.24) is 4.90 Å². The minimum absolute atomic E-state index is 0.0519. The summed E-state index contributed by atoms with van der Waals surface area (Å²) in [4.78, 5) is 13.4. The molecule has 2 rings (SSSR count). The van der Waals surface area contributed by atoms with Crippen molar-refractivity contribution in [3.63, 3.8) is 0 Å². The molecule has 7 heteroatoms. The standard InChI is InChI=1S/C15H22BFN2O3/c1-14(2)15(3,4)22-16(21-14)11-10(18)8-7-9(12(11)17)13(20)19(5)6/h7-8H,18H2,1-6H3. The zero-order chi connectivity index (χ0) is 16.9. The van der Waals surface area contributed by atoms with Crippen LogP contribution in [0.25, 0.3) is 0 Å². The van der Waals surface area contributed by atoms with Crippen LogP contribution in [0, 0.1) is 5.82 Å². The summed E-state index contributed by atoms with van der Waals surface area (Å²) in [7, 11) is 2.18. The number of rotatable bonds is 2. The molecule has 1 aliphatic heterocycles. The lowest BCUT2D eigenvalue weighted by molar-refractivity contribution is 0.00578. The molecule has 0 saturated carbocycles. The van der Waals surface area contributed by atoms with E-state index in [-0.39, 0.29) is 16.7 Å². The molecule has 2 N–H and O–H groups in total. The summed E-state index contributed by atoms with van der Waals surface area (Å²) in [5.41, 5.74) is 4.90. The summed E-state index contributed by atoms with van der Waals surface area (Å²) in [5.74, 6) is -1.13. The molecule has 1 heterocycles. The number of carbonyl (C=O) groups excluding carboxylic acids is 1. The van der Waals surface area contributed by atoms with Crippen molar-refractivity contribution in [2.45, 2.75) is 38.9 Å². The Morgan fingerprint density at radius 3 is 2.14 bits per heavy atom. The number of nitrogen functional groups attached to an aromatic ring is 1. The number of anilines is 1. The number of amides is 1. The third-order valence-electron chi connectivity index (χ3n) is 4.34. The molecule has 0 bridgehead atoms. The zero-order valence-corrected chi connectivity index (χ0v) is 13.9. The molecular formula is C15H22BFN2O3. The Bertz CT molecular complexity index is 601. The van der Waals surface area contributed by atoms with Crippen LogP contribution in [-0.4, -0.2) is 43.2 Å². The van der Waals surface area contributed by atoms with Crippen molar-refractivity contribution in [3.8, 4) is 0 Å². The van der Waals surface area contributed by atoms with Gasteiger partial charge in [0.2, 0.25) is 0 Å². The summed E-state index contributed by atoms with van der Waals surface area (Å²) in [6.07, 6.45) is 0. The molecule has 0 radical (unpaired) electrons. The van der Waals surface area contributed by atoms with Gasteiger partial charge in [0.15, 0.2) is 0 Å². The lowest BCUT2D eigenvalue weighted by atomic mass is 9.76. The summed E-state index contributed by atoms with van der Waals surface area (Å²) in [6.45, 7) is 7.48. The second kappa shape index (κ2) is 5.24. The molecule has 0 atom stereocenters. The van der Waals surface area contributed by atoms with Crippen molar-refractivity contribution in [2.24, 2.45) is 0 Å². The topological polar surface area (TPSA) is 64.8 Å². The molecular weight excluding hydrogens is 286 g/mol. The number of nitrogens with zero attached hydrogens (tertiary/aromatic N) is 1. The van der Waals surface area contributed by atoms with Crippen LogP contribution in [0.15, 0.2) is 12.1 Å². The van der Waals surface area contributed by atoms with Gasteiger partial charge in [0.1, 0.15) is 5.82 Å². The van der Waals surface area contributed by atoms with Crippen LogP contribution >= 0.6 is 0 Å². The van der Waals surface area contributed by atoms with Crippen LogP contribution < -0.4 is 11.2 Å². The molecule has 120 valence electrons. The monoisotopic (exact) mass is 308 g/mol. The lowest BCUT2D eigenvalue weighted by Crippen LogP contribution is -2.41. The highest BCUT2D eigenvalue weighted by Gasteiger charge is 2.53. The Morgan fingerprint density at radius 2 is 1.68 bits per heavy atom. The fourth-order valence-electron chi connectivity index (χ4n) is 2.21. The van der Waals surface area contributed by atoms with Gasteiger partial charge < -0.3 is 19.9 Å². The van der Waals surface area contributed by atoms with Gasteiger partial charge >= 0.3 is 7.12 Å². The number of halogens is 1. The van der Waals surface area contributed by atoms with Gasteiger partial charge in [0, 0.05) is 25.2 Å². The molecule has 0 unspecified atom stereocenters. The van der Waals surface area contributed by atoms with Gasteiger partial charge in [-0.15, -0.1) is 0 Å². The van der Waals surface area contributed by atoms with Gasteiger partial charge in [-0.25, -0.2) is 4.39 Å².